The molecule has 12 atom stereocenters. The fraction of sp³-hybridized carbons (Fsp3) is 0.716. The van der Waals surface area contributed by atoms with Crippen LogP contribution in [0.5, 0.6) is 5.75 Å². The van der Waals surface area contributed by atoms with E-state index in [1.54, 1.807) is 26.0 Å². The van der Waals surface area contributed by atoms with Crippen LogP contribution < -0.4 is 76.5 Å². The summed E-state index contributed by atoms with van der Waals surface area (Å²) in [7, 11) is 0. The number of primary amides is 1. The highest BCUT2D eigenvalue weighted by atomic mass is 16.6. The molecule has 0 spiro atoms. The number of likely N-dealkylation sites (tertiary alicyclic amines) is 4. The largest absolute Gasteiger partial charge is 0.508 e. The van der Waals surface area contributed by atoms with E-state index in [0.29, 0.717) is 115 Å². The van der Waals surface area contributed by atoms with Crippen molar-refractivity contribution in [2.45, 2.75) is 249 Å². The second-order valence-corrected chi connectivity index (χ2v) is 30.0. The molecule has 0 radical (unpaired) electrons. The number of nitrogens with one attached hydrogen (secondary N) is 9. The maximum Gasteiger partial charge on any atom is 0.265 e. The van der Waals surface area contributed by atoms with E-state index in [2.05, 4.69) is 53.0 Å². The molecular formula is C74H123N19O17. The van der Waals surface area contributed by atoms with E-state index in [-0.39, 0.29) is 108 Å². The summed E-state index contributed by atoms with van der Waals surface area (Å²) in [6.45, 7) is 11.2. The number of phenolic OH excluding ortho intramolecular Hbond substituents is 1. The molecule has 0 aliphatic carbocycles. The Hall–Kier alpha value is -9.13. The molecule has 4 heterocycles. The lowest BCUT2D eigenvalue weighted by molar-refractivity contribution is -0.149. The number of nitrogens with zero attached hydrogens (tertiary/aromatic N) is 5. The van der Waals surface area contributed by atoms with Gasteiger partial charge in [-0.1, -0.05) is 58.8 Å². The molecule has 36 nitrogen and oxygen atoms in total. The Balaban J connectivity index is 1.11. The van der Waals surface area contributed by atoms with Crippen molar-refractivity contribution < 1.29 is 82.2 Å². The predicted molar refractivity (Wildman–Crippen MR) is 406 cm³/mol. The van der Waals surface area contributed by atoms with Gasteiger partial charge in [0.1, 0.15) is 78.4 Å². The first-order valence-corrected chi connectivity index (χ1v) is 39.0. The molecule has 1 aromatic carbocycles. The number of aliphatic hydroxyl groups is 1. The van der Waals surface area contributed by atoms with Gasteiger partial charge in [-0.05, 0) is 184 Å². The van der Waals surface area contributed by atoms with E-state index in [1.807, 2.05) is 27.7 Å². The van der Waals surface area contributed by atoms with E-state index in [0.717, 1.165) is 6.21 Å². The molecular weight excluding hydrogens is 1430 g/mol. The molecule has 0 bridgehead atoms. The summed E-state index contributed by atoms with van der Waals surface area (Å²) in [4.78, 5) is 203. The van der Waals surface area contributed by atoms with Crippen molar-refractivity contribution >= 4 is 88.9 Å². The van der Waals surface area contributed by atoms with Crippen LogP contribution >= 0.6 is 0 Å². The fourth-order valence-electron chi connectivity index (χ4n) is 14.1. The van der Waals surface area contributed by atoms with Gasteiger partial charge in [-0.25, -0.2) is 0 Å². The minimum Gasteiger partial charge on any atom is -0.508 e. The Kier molecular flexibility index (Phi) is 39.2. The van der Waals surface area contributed by atoms with Gasteiger partial charge in [0, 0.05) is 45.7 Å². The normalized spacial score (nSPS) is 19.2. The lowest BCUT2D eigenvalue weighted by atomic mass is 10.0. The number of amides is 14. The molecule has 0 unspecified atom stereocenters. The van der Waals surface area contributed by atoms with Crippen LogP contribution in [0.25, 0.3) is 0 Å². The number of phenols is 1. The average molecular weight is 1550 g/mol. The number of hydrogen-bond donors (Lipinski definition) is 16. The smallest absolute Gasteiger partial charge is 0.265 e. The molecule has 4 aliphatic heterocycles. The van der Waals surface area contributed by atoms with Gasteiger partial charge in [0.2, 0.25) is 70.9 Å². The first kappa shape index (κ1) is 91.5. The standard InChI is InChI=1S/C74H123N19O17/c1-44(2)38-49(78)71(106)90-34-13-21-56(90)67(102)86-52(20-9-12-31-77)73(108)93-37-16-24-59(93)74(109)92-36-15-22-57(92)68(103)85-51(19-8-11-30-76)72(107)91-35-14-23-58(91)69(104)89-62(46(5)6)70(105)88-55(42-94)64(99)81-33-17-32-80-60(96)41-82-110-43-61(97)83-53(39-45(3)4)65(100)87-54(40-47-25-27-48(95)28-26-47)66(101)84-50(63(79)98)18-7-10-29-75/h25-28,41,44-46,49-59,62,94-95H,7-24,29-40,42-43,75-78H2,1-6H3,(H2,79,98)(H,80,96)(H,81,99)(H,83,97)(H,84,101)(H,85,103)(H,86,102)(H,87,100)(H,88,105)(H,89,104)/b82-41+/t49-,50-,51-,52-,53-,54-,55-,56-,57-,58-,59-,62-/m0/s1. The molecule has 616 valence electrons. The minimum atomic E-state index is -1.48. The summed E-state index contributed by atoms with van der Waals surface area (Å²) >= 11 is 0. The lowest BCUT2D eigenvalue weighted by Gasteiger charge is -2.34. The van der Waals surface area contributed by atoms with Crippen molar-refractivity contribution in [3.63, 3.8) is 0 Å². The summed E-state index contributed by atoms with van der Waals surface area (Å²) in [5.74, 6) is -9.44. The summed E-state index contributed by atoms with van der Waals surface area (Å²) in [6, 6.07) is -7.06. The van der Waals surface area contributed by atoms with E-state index < -0.39 is 168 Å². The van der Waals surface area contributed by atoms with Crippen LogP contribution in [0.2, 0.25) is 0 Å². The Morgan fingerprint density at radius 3 is 1.47 bits per heavy atom. The Morgan fingerprint density at radius 1 is 0.509 bits per heavy atom. The van der Waals surface area contributed by atoms with Gasteiger partial charge in [-0.2, -0.15) is 0 Å². The van der Waals surface area contributed by atoms with Gasteiger partial charge in [0.25, 0.3) is 11.8 Å². The third kappa shape index (κ3) is 28.9. The summed E-state index contributed by atoms with van der Waals surface area (Å²) in [6.07, 6.45) is 8.22. The molecule has 4 aliphatic rings. The number of aromatic hydroxyl groups is 1. The maximum absolute atomic E-state index is 14.7. The van der Waals surface area contributed by atoms with Crippen molar-refractivity contribution in [3.05, 3.63) is 29.8 Å². The number of nitrogens with two attached hydrogens (primary N) is 5. The molecule has 0 aromatic heterocycles. The second-order valence-electron chi connectivity index (χ2n) is 30.0. The molecule has 14 amide bonds. The number of carbonyl (C=O) groups is 14. The van der Waals surface area contributed by atoms with Crippen LogP contribution in [0, 0.1) is 17.8 Å². The van der Waals surface area contributed by atoms with E-state index in [4.69, 9.17) is 33.5 Å². The molecule has 0 saturated carbocycles. The summed E-state index contributed by atoms with van der Waals surface area (Å²) in [5, 5.41) is 47.6. The second kappa shape index (κ2) is 47.2. The quantitative estimate of drug-likeness (QED) is 0.0174. The third-order valence-corrected chi connectivity index (χ3v) is 19.9. The van der Waals surface area contributed by atoms with Crippen LogP contribution in [0.15, 0.2) is 29.4 Å². The van der Waals surface area contributed by atoms with Crippen molar-refractivity contribution in [1.82, 2.24) is 67.5 Å². The van der Waals surface area contributed by atoms with E-state index in [9.17, 15) is 77.3 Å². The third-order valence-electron chi connectivity index (χ3n) is 19.9. The van der Waals surface area contributed by atoms with Gasteiger partial charge in [0.05, 0.1) is 12.6 Å². The number of rotatable bonds is 47. The van der Waals surface area contributed by atoms with Crippen LogP contribution in [-0.4, -0.2) is 263 Å². The zero-order valence-electron chi connectivity index (χ0n) is 64.8. The van der Waals surface area contributed by atoms with Gasteiger partial charge in [-0.15, -0.1) is 0 Å². The Morgan fingerprint density at radius 2 is 0.964 bits per heavy atom. The van der Waals surface area contributed by atoms with Crippen molar-refractivity contribution in [1.29, 1.82) is 0 Å². The molecule has 4 saturated heterocycles. The number of unbranched alkanes of at least 4 members (excludes halogenated alkanes) is 3. The average Bonchev–Trinajstić information content (AvgIpc) is 1.64. The summed E-state index contributed by atoms with van der Waals surface area (Å²) < 4.78 is 0. The van der Waals surface area contributed by atoms with Crippen LogP contribution in [0.1, 0.15) is 176 Å². The van der Waals surface area contributed by atoms with Crippen molar-refractivity contribution in [2.75, 3.05) is 72.1 Å². The fourth-order valence-corrected chi connectivity index (χ4v) is 14.1. The van der Waals surface area contributed by atoms with E-state index in [1.165, 1.54) is 31.7 Å². The molecule has 5 rings (SSSR count). The zero-order chi connectivity index (χ0) is 81.1. The number of carbonyl (C=O) groups excluding carboxylic acids is 14. The predicted octanol–water partition coefficient (Wildman–Crippen LogP) is -3.14. The number of hydrogen-bond acceptors (Lipinski definition) is 22. The molecule has 36 heteroatoms. The highest BCUT2D eigenvalue weighted by Crippen LogP contribution is 2.29. The highest BCUT2D eigenvalue weighted by molar-refractivity contribution is 6.26. The SMILES string of the molecule is CC(C)C[C@H](NC(=O)CO/N=C/C(=O)NCCCNC(=O)[C@H](CO)NC(=O)[C@@H](NC(=O)[C@@H]1CCCN1C(=O)[C@H](CCCCN)NC(=O)[C@@H]1CCCN1C(=O)[C@@H]1CCCN1C(=O)[C@H](CCCCN)NC(=O)[C@@H]1CCCN1C(=O)[C@@H](N)CC(C)C)C(C)C)C(=O)N[C@@H](Cc1ccc(O)cc1)C(=O)N[C@@H](CCCCN)C(N)=O. The first-order valence-electron chi connectivity index (χ1n) is 39.0. The van der Waals surface area contributed by atoms with Gasteiger partial charge < -0.3 is 111 Å². The van der Waals surface area contributed by atoms with Gasteiger partial charge in [0.15, 0.2) is 6.61 Å². The topological polar surface area (TPSA) is 552 Å². The zero-order valence-corrected chi connectivity index (χ0v) is 64.8. The van der Waals surface area contributed by atoms with Gasteiger partial charge >= 0.3 is 0 Å². The van der Waals surface area contributed by atoms with E-state index >= 15 is 0 Å². The monoisotopic (exact) mass is 1550 g/mol. The van der Waals surface area contributed by atoms with Crippen molar-refractivity contribution in [3.8, 4) is 5.75 Å². The van der Waals surface area contributed by atoms with Crippen LogP contribution in [0.3, 0.4) is 0 Å². The number of aliphatic hydroxyl groups excluding tert-OH is 1. The number of benzene rings is 1. The molecule has 1 aromatic rings. The van der Waals surface area contributed by atoms with Gasteiger partial charge in [-0.3, -0.25) is 67.1 Å². The minimum absolute atomic E-state index is 0.00462. The molecule has 21 N–H and O–H groups in total. The van der Waals surface area contributed by atoms with Crippen LogP contribution in [-0.2, 0) is 78.4 Å². The number of oxime groups is 1. The Bertz CT molecular complexity index is 3270. The molecule has 110 heavy (non-hydrogen) atoms. The van der Waals surface area contributed by atoms with Crippen molar-refractivity contribution in [2.24, 2.45) is 51.6 Å². The molecule has 4 fully saturated rings. The first-order chi connectivity index (χ1) is 52.4. The summed E-state index contributed by atoms with van der Waals surface area (Å²) in [5.41, 5.74) is 29.7. The Labute approximate surface area is 644 Å². The highest BCUT2D eigenvalue weighted by Gasteiger charge is 2.47. The van der Waals surface area contributed by atoms with Crippen LogP contribution in [0.4, 0.5) is 0 Å². The maximum atomic E-state index is 14.7. The lowest BCUT2D eigenvalue weighted by Crippen LogP contribution is -2.60.